The molecule has 1 aliphatic carbocycles. The van der Waals surface area contributed by atoms with E-state index < -0.39 is 5.97 Å². The number of aryl methyl sites for hydroxylation is 1. The number of pyridine rings is 1. The van der Waals surface area contributed by atoms with Crippen molar-refractivity contribution in [2.75, 3.05) is 0 Å². The van der Waals surface area contributed by atoms with Crippen molar-refractivity contribution in [3.05, 3.63) is 22.5 Å². The van der Waals surface area contributed by atoms with Gasteiger partial charge in [0.15, 0.2) is 10.9 Å². The average Bonchev–Trinajstić information content (AvgIpc) is 2.92. The maximum Gasteiger partial charge on any atom is 0.337 e. The van der Waals surface area contributed by atoms with E-state index in [1.807, 2.05) is 0 Å². The monoisotopic (exact) mass is 227 g/mol. The summed E-state index contributed by atoms with van der Waals surface area (Å²) in [5, 5.41) is 9.12. The molecule has 0 aromatic carbocycles. The van der Waals surface area contributed by atoms with Crippen LogP contribution in [0.4, 0.5) is 0 Å². The highest BCUT2D eigenvalue weighted by Gasteiger charge is 2.25. The first kappa shape index (κ1) is 10.2. The van der Waals surface area contributed by atoms with Gasteiger partial charge in [0.05, 0.1) is 17.4 Å². The molecule has 4 nitrogen and oxygen atoms in total. The second kappa shape index (κ2) is 3.70. The largest absolute Gasteiger partial charge is 0.487 e. The number of ether oxygens (including phenoxy) is 1. The lowest BCUT2D eigenvalue weighted by Crippen LogP contribution is -2.05. The molecule has 1 aliphatic rings. The molecule has 1 saturated carbocycles. The number of hydrogen-bond acceptors (Lipinski definition) is 3. The van der Waals surface area contributed by atoms with E-state index in [0.29, 0.717) is 11.4 Å². The molecule has 80 valence electrons. The van der Waals surface area contributed by atoms with Gasteiger partial charge in [-0.2, -0.15) is 0 Å². The van der Waals surface area contributed by atoms with Gasteiger partial charge in [-0.1, -0.05) is 11.6 Å². The summed E-state index contributed by atoms with van der Waals surface area (Å²) < 4.78 is 5.44. The van der Waals surface area contributed by atoms with Gasteiger partial charge >= 0.3 is 5.97 Å². The Hall–Kier alpha value is -1.29. The summed E-state index contributed by atoms with van der Waals surface area (Å²) in [7, 11) is 0. The Morgan fingerprint density at radius 1 is 1.67 bits per heavy atom. The van der Waals surface area contributed by atoms with E-state index in [4.69, 9.17) is 21.4 Å². The molecule has 0 saturated heterocycles. The van der Waals surface area contributed by atoms with E-state index in [1.54, 1.807) is 6.92 Å². The van der Waals surface area contributed by atoms with Crippen molar-refractivity contribution >= 4 is 17.6 Å². The maximum absolute atomic E-state index is 10.8. The molecule has 0 aliphatic heterocycles. The van der Waals surface area contributed by atoms with Crippen LogP contribution < -0.4 is 4.74 Å². The standard InChI is InChI=1S/C10H10ClNO3/c1-5-7(10(13)14)4-8(9(11)12-5)15-6-2-3-6/h4,6H,2-3H2,1H3,(H,13,14). The van der Waals surface area contributed by atoms with Gasteiger partial charge in [0.1, 0.15) is 0 Å². The number of carboxylic acid groups (broad SMARTS) is 1. The second-order valence-corrected chi connectivity index (χ2v) is 3.89. The minimum absolute atomic E-state index is 0.134. The average molecular weight is 228 g/mol. The third kappa shape index (κ3) is 2.21. The van der Waals surface area contributed by atoms with Crippen LogP contribution in [0.5, 0.6) is 5.75 Å². The molecule has 1 aromatic heterocycles. The van der Waals surface area contributed by atoms with E-state index in [2.05, 4.69) is 4.98 Å². The number of rotatable bonds is 3. The van der Waals surface area contributed by atoms with Gasteiger partial charge in [-0.05, 0) is 25.8 Å². The predicted molar refractivity (Wildman–Crippen MR) is 54.6 cm³/mol. The summed E-state index contributed by atoms with van der Waals surface area (Å²) in [4.78, 5) is 14.8. The van der Waals surface area contributed by atoms with Gasteiger partial charge in [0.2, 0.25) is 0 Å². The maximum atomic E-state index is 10.8. The van der Waals surface area contributed by atoms with Gasteiger partial charge < -0.3 is 9.84 Å². The molecule has 2 rings (SSSR count). The molecule has 0 spiro atoms. The molecular weight excluding hydrogens is 218 g/mol. The minimum atomic E-state index is -1.02. The van der Waals surface area contributed by atoms with E-state index in [9.17, 15) is 4.79 Å². The molecule has 0 amide bonds. The molecule has 5 heteroatoms. The van der Waals surface area contributed by atoms with Crippen molar-refractivity contribution in [2.24, 2.45) is 0 Å². The number of carbonyl (C=O) groups is 1. The normalized spacial score (nSPS) is 15.1. The summed E-state index contributed by atoms with van der Waals surface area (Å²) in [6.45, 7) is 1.61. The number of halogens is 1. The van der Waals surface area contributed by atoms with Gasteiger partial charge in [0, 0.05) is 0 Å². The molecule has 0 bridgehead atoms. The Morgan fingerprint density at radius 3 is 2.87 bits per heavy atom. The van der Waals surface area contributed by atoms with Crippen molar-refractivity contribution in [3.8, 4) is 5.75 Å². The first-order chi connectivity index (χ1) is 7.08. The van der Waals surface area contributed by atoms with Crippen molar-refractivity contribution in [1.82, 2.24) is 4.98 Å². The number of aromatic carboxylic acids is 1. The van der Waals surface area contributed by atoms with Crippen LogP contribution >= 0.6 is 11.6 Å². The molecule has 1 heterocycles. The van der Waals surface area contributed by atoms with Gasteiger partial charge in [-0.3, -0.25) is 0 Å². The smallest absolute Gasteiger partial charge is 0.337 e. The third-order valence-electron chi connectivity index (χ3n) is 2.18. The van der Waals surface area contributed by atoms with E-state index in [1.165, 1.54) is 6.07 Å². The van der Waals surface area contributed by atoms with Crippen LogP contribution in [0.3, 0.4) is 0 Å². The van der Waals surface area contributed by atoms with Crippen LogP contribution in [0.2, 0.25) is 5.15 Å². The number of hydrogen-bond donors (Lipinski definition) is 1. The van der Waals surface area contributed by atoms with E-state index in [0.717, 1.165) is 12.8 Å². The fourth-order valence-electron chi connectivity index (χ4n) is 1.22. The van der Waals surface area contributed by atoms with Crippen LogP contribution in [0.25, 0.3) is 0 Å². The van der Waals surface area contributed by atoms with Crippen LogP contribution in [0.1, 0.15) is 28.9 Å². The highest BCUT2D eigenvalue weighted by atomic mass is 35.5. The molecule has 0 unspecified atom stereocenters. The van der Waals surface area contributed by atoms with Crippen molar-refractivity contribution in [3.63, 3.8) is 0 Å². The van der Waals surface area contributed by atoms with Crippen molar-refractivity contribution in [2.45, 2.75) is 25.9 Å². The molecule has 0 radical (unpaired) electrons. The van der Waals surface area contributed by atoms with Gasteiger partial charge in [0.25, 0.3) is 0 Å². The Kier molecular flexibility index (Phi) is 2.52. The number of aromatic nitrogens is 1. The Bertz CT molecular complexity index is 415. The highest BCUT2D eigenvalue weighted by Crippen LogP contribution is 2.32. The summed E-state index contributed by atoms with van der Waals surface area (Å²) >= 11 is 5.85. The zero-order valence-corrected chi connectivity index (χ0v) is 8.91. The topological polar surface area (TPSA) is 59.4 Å². The molecule has 1 fully saturated rings. The molecule has 1 N–H and O–H groups in total. The zero-order valence-electron chi connectivity index (χ0n) is 8.16. The Morgan fingerprint density at radius 2 is 2.33 bits per heavy atom. The summed E-state index contributed by atoms with van der Waals surface area (Å²) in [5.74, 6) is -0.653. The predicted octanol–water partition coefficient (Wildman–Crippen LogP) is 2.28. The van der Waals surface area contributed by atoms with Crippen LogP contribution in [-0.4, -0.2) is 22.2 Å². The summed E-state index contributed by atoms with van der Waals surface area (Å²) in [5.41, 5.74) is 0.533. The summed E-state index contributed by atoms with van der Waals surface area (Å²) in [6, 6.07) is 1.44. The van der Waals surface area contributed by atoms with Gasteiger partial charge in [-0.15, -0.1) is 0 Å². The fourth-order valence-corrected chi connectivity index (χ4v) is 1.45. The Labute approximate surface area is 91.8 Å². The molecule has 15 heavy (non-hydrogen) atoms. The van der Waals surface area contributed by atoms with E-state index in [-0.39, 0.29) is 16.8 Å². The lowest BCUT2D eigenvalue weighted by Gasteiger charge is -2.08. The fraction of sp³-hybridized carbons (Fsp3) is 0.400. The van der Waals surface area contributed by atoms with Crippen LogP contribution in [0.15, 0.2) is 6.07 Å². The minimum Gasteiger partial charge on any atom is -0.487 e. The summed E-state index contributed by atoms with van der Waals surface area (Å²) in [6.07, 6.45) is 2.16. The second-order valence-electron chi connectivity index (χ2n) is 3.53. The van der Waals surface area contributed by atoms with Crippen LogP contribution in [-0.2, 0) is 0 Å². The lowest BCUT2D eigenvalue weighted by molar-refractivity contribution is 0.0695. The molecule has 0 atom stereocenters. The van der Waals surface area contributed by atoms with Crippen LogP contribution in [0, 0.1) is 6.92 Å². The van der Waals surface area contributed by atoms with Crippen molar-refractivity contribution < 1.29 is 14.6 Å². The first-order valence-corrected chi connectivity index (χ1v) is 5.03. The van der Waals surface area contributed by atoms with Gasteiger partial charge in [-0.25, -0.2) is 9.78 Å². The lowest BCUT2D eigenvalue weighted by atomic mass is 10.2. The molecular formula is C10H10ClNO3. The van der Waals surface area contributed by atoms with E-state index >= 15 is 0 Å². The Balaban J connectivity index is 2.35. The number of nitrogens with zero attached hydrogens (tertiary/aromatic N) is 1. The van der Waals surface area contributed by atoms with Crippen molar-refractivity contribution in [1.29, 1.82) is 0 Å². The quantitative estimate of drug-likeness (QED) is 0.805. The first-order valence-electron chi connectivity index (χ1n) is 4.65. The SMILES string of the molecule is Cc1nc(Cl)c(OC2CC2)cc1C(=O)O. The molecule has 1 aromatic rings. The highest BCUT2D eigenvalue weighted by molar-refractivity contribution is 6.31. The zero-order chi connectivity index (χ0) is 11.0. The third-order valence-corrected chi connectivity index (χ3v) is 2.45. The number of carboxylic acids is 1.